The average molecular weight is 430 g/mol. The molecule has 0 bridgehead atoms. The van der Waals surface area contributed by atoms with E-state index in [1.165, 1.54) is 51.4 Å². The van der Waals surface area contributed by atoms with Crippen LogP contribution >= 0.6 is 17.0 Å². The summed E-state index contributed by atoms with van der Waals surface area (Å²) in [6.07, 6.45) is 19.7. The predicted octanol–water partition coefficient (Wildman–Crippen LogP) is 7.88. The molecule has 0 aliphatic heterocycles. The molecule has 125 valence electrons. The van der Waals surface area contributed by atoms with Crippen LogP contribution in [0.25, 0.3) is 0 Å². The molecule has 0 fully saturated rings. The van der Waals surface area contributed by atoms with Crippen molar-refractivity contribution in [1.29, 1.82) is 0 Å². The van der Waals surface area contributed by atoms with Crippen molar-refractivity contribution in [2.45, 2.75) is 69.7 Å². The van der Waals surface area contributed by atoms with Gasteiger partial charge in [0.1, 0.15) is 0 Å². The van der Waals surface area contributed by atoms with Crippen LogP contribution in [0.4, 0.5) is 0 Å². The van der Waals surface area contributed by atoms with E-state index in [0.29, 0.717) is 7.25 Å². The first-order valence-corrected chi connectivity index (χ1v) is 20.3. The van der Waals surface area contributed by atoms with Crippen LogP contribution < -0.4 is 0 Å². The van der Waals surface area contributed by atoms with Crippen LogP contribution in [0.5, 0.6) is 0 Å². The molecule has 2 unspecified atom stereocenters. The van der Waals surface area contributed by atoms with Gasteiger partial charge in [0, 0.05) is 0 Å². The molecule has 0 aromatic rings. The molecule has 23 heavy (non-hydrogen) atoms. The predicted molar refractivity (Wildman–Crippen MR) is 99.0 cm³/mol. The zero-order valence-corrected chi connectivity index (χ0v) is 18.1. The van der Waals surface area contributed by atoms with Crippen LogP contribution in [0.2, 0.25) is 11.4 Å². The molecule has 0 saturated heterocycles. The second-order valence-electron chi connectivity index (χ2n) is 7.89. The van der Waals surface area contributed by atoms with E-state index in [1.807, 2.05) is 0 Å². The maximum absolute atomic E-state index is 7.64. The summed E-state index contributed by atoms with van der Waals surface area (Å²) in [5, 5.41) is 0. The first kappa shape index (κ1) is 16.9. The van der Waals surface area contributed by atoms with Crippen molar-refractivity contribution in [2.75, 3.05) is 0 Å². The zero-order valence-electron chi connectivity index (χ0n) is 14.1. The normalized spacial score (nSPS) is 32.0. The first-order chi connectivity index (χ1) is 11.0. The number of allylic oxidation sites excluding steroid dienone is 8. The van der Waals surface area contributed by atoms with Gasteiger partial charge in [0.15, 0.2) is 0 Å². The maximum atomic E-state index is 7.64. The third-order valence-electron chi connectivity index (χ3n) is 6.78. The fourth-order valence-electron chi connectivity index (χ4n) is 5.39. The van der Waals surface area contributed by atoms with Gasteiger partial charge in [-0.1, -0.05) is 0 Å². The molecule has 0 heterocycles. The third-order valence-corrected chi connectivity index (χ3v) is 27.7. The van der Waals surface area contributed by atoms with Crippen molar-refractivity contribution in [3.8, 4) is 0 Å². The van der Waals surface area contributed by atoms with Gasteiger partial charge >= 0.3 is 150 Å². The Morgan fingerprint density at radius 2 is 1.26 bits per heavy atom. The molecule has 0 saturated carbocycles. The van der Waals surface area contributed by atoms with Crippen LogP contribution in [-0.2, 0) is 16.4 Å². The Balaban J connectivity index is 1.77. The van der Waals surface area contributed by atoms with E-state index < -0.39 is 16.4 Å². The molecule has 0 nitrogen and oxygen atoms in total. The van der Waals surface area contributed by atoms with Crippen molar-refractivity contribution >= 4 is 17.0 Å². The SMILES string of the molecule is C[CH2][Zr]([Cl])([Cl])([CH]1C=CC2=C1CCCC2)[CH]1C=CC2=C1CCCC2. The molecule has 4 rings (SSSR count). The van der Waals surface area contributed by atoms with Crippen LogP contribution in [0.15, 0.2) is 46.6 Å². The quantitative estimate of drug-likeness (QED) is 0.428. The Morgan fingerprint density at radius 1 is 0.826 bits per heavy atom. The number of halogens is 2. The van der Waals surface area contributed by atoms with Gasteiger partial charge in [-0.2, -0.15) is 0 Å². The standard InChI is InChI=1S/2C9H11.C2H5.2ClH.Zr/c2*1-2-5-9-7-3-6-8(9)4-1;1-2;;;/h2*3,6-7H,1-2,4-5H2;1H2,2H3;2*1H;/q;;;;;+2/p-2. The average Bonchev–Trinajstić information content (AvgIpc) is 3.20. The molecular weight excluding hydrogens is 402 g/mol. The Kier molecular flexibility index (Phi) is 4.40. The Morgan fingerprint density at radius 3 is 1.70 bits per heavy atom. The van der Waals surface area contributed by atoms with Gasteiger partial charge in [0.2, 0.25) is 0 Å². The van der Waals surface area contributed by atoms with E-state index in [4.69, 9.17) is 17.0 Å². The van der Waals surface area contributed by atoms with Crippen LogP contribution in [0.3, 0.4) is 0 Å². The fraction of sp³-hybridized carbons (Fsp3) is 0.600. The summed E-state index contributed by atoms with van der Waals surface area (Å²) in [6.45, 7) is 2.26. The molecule has 0 aromatic carbocycles. The molecule has 0 radical (unpaired) electrons. The summed E-state index contributed by atoms with van der Waals surface area (Å²) in [6, 6.07) is 0. The summed E-state index contributed by atoms with van der Waals surface area (Å²) >= 11 is -3.99. The molecule has 0 aromatic heterocycles. The summed E-state index contributed by atoms with van der Waals surface area (Å²) in [5.41, 5.74) is 6.37. The topological polar surface area (TPSA) is 0 Å². The molecule has 4 aliphatic carbocycles. The fourth-order valence-corrected chi connectivity index (χ4v) is 20.9. The second-order valence-corrected chi connectivity index (χ2v) is 31.0. The summed E-state index contributed by atoms with van der Waals surface area (Å²) in [7, 11) is 15.3. The van der Waals surface area contributed by atoms with Gasteiger partial charge in [-0.05, 0) is 0 Å². The monoisotopic (exact) mass is 427 g/mol. The van der Waals surface area contributed by atoms with Gasteiger partial charge in [-0.25, -0.2) is 0 Å². The third kappa shape index (κ3) is 2.56. The summed E-state index contributed by atoms with van der Waals surface area (Å²) in [4.78, 5) is 0. The minimum atomic E-state index is -3.99. The van der Waals surface area contributed by atoms with Gasteiger partial charge in [-0.3, -0.25) is 0 Å². The van der Waals surface area contributed by atoms with E-state index in [-0.39, 0.29) is 0 Å². The molecule has 4 aliphatic rings. The summed E-state index contributed by atoms with van der Waals surface area (Å²) < 4.78 is 1.74. The van der Waals surface area contributed by atoms with Crippen LogP contribution in [0, 0.1) is 0 Å². The molecule has 0 amide bonds. The van der Waals surface area contributed by atoms with Gasteiger partial charge < -0.3 is 0 Å². The van der Waals surface area contributed by atoms with E-state index in [1.54, 1.807) is 22.3 Å². The van der Waals surface area contributed by atoms with Crippen molar-refractivity contribution in [3.05, 3.63) is 46.6 Å². The van der Waals surface area contributed by atoms with Crippen molar-refractivity contribution in [2.24, 2.45) is 0 Å². The molecule has 2 atom stereocenters. The van der Waals surface area contributed by atoms with Crippen LogP contribution in [-0.4, -0.2) is 0 Å². The second kappa shape index (κ2) is 6.00. The van der Waals surface area contributed by atoms with Crippen molar-refractivity contribution in [1.82, 2.24) is 0 Å². The van der Waals surface area contributed by atoms with Gasteiger partial charge in [-0.15, -0.1) is 0 Å². The number of hydrogen-bond donors (Lipinski definition) is 0. The number of hydrogen-bond acceptors (Lipinski definition) is 0. The molecule has 0 N–H and O–H groups in total. The zero-order chi connectivity index (χ0) is 16.1. The van der Waals surface area contributed by atoms with Crippen molar-refractivity contribution in [3.63, 3.8) is 0 Å². The Hall–Kier alpha value is 0.423. The van der Waals surface area contributed by atoms with E-state index >= 15 is 0 Å². The van der Waals surface area contributed by atoms with E-state index in [2.05, 4.69) is 31.2 Å². The Labute approximate surface area is 148 Å². The van der Waals surface area contributed by atoms with E-state index in [0.717, 1.165) is 4.13 Å². The summed E-state index contributed by atoms with van der Waals surface area (Å²) in [5.74, 6) is 0. The van der Waals surface area contributed by atoms with E-state index in [9.17, 15) is 0 Å². The van der Waals surface area contributed by atoms with Crippen molar-refractivity contribution < 1.29 is 16.4 Å². The Bertz CT molecular complexity index is 599. The van der Waals surface area contributed by atoms with Crippen LogP contribution in [0.1, 0.15) is 58.3 Å². The molecular formula is C20H27Cl2Zr. The van der Waals surface area contributed by atoms with Gasteiger partial charge in [0.05, 0.1) is 0 Å². The first-order valence-electron chi connectivity index (χ1n) is 9.42. The minimum absolute atomic E-state index is 0.378. The molecule has 3 heteroatoms. The molecule has 0 spiro atoms. The van der Waals surface area contributed by atoms with Gasteiger partial charge in [0.25, 0.3) is 0 Å². The number of rotatable bonds is 3.